The number of rotatable bonds is 6. The van der Waals surface area contributed by atoms with Crippen molar-refractivity contribution in [3.8, 4) is 0 Å². The molecule has 0 spiro atoms. The molecule has 1 aromatic rings. The molecule has 7 nitrogen and oxygen atoms in total. The molecule has 1 fully saturated rings. The minimum absolute atomic E-state index is 0.0440. The van der Waals surface area contributed by atoms with Gasteiger partial charge in [0.2, 0.25) is 17.7 Å². The number of carbonyl (C=O) groups excluding carboxylic acids is 3. The summed E-state index contributed by atoms with van der Waals surface area (Å²) in [6.45, 7) is 3.33. The first-order valence-corrected chi connectivity index (χ1v) is 8.25. The topological polar surface area (TPSA) is 90.5 Å². The molecule has 1 aliphatic heterocycles. The van der Waals surface area contributed by atoms with Gasteiger partial charge in [-0.1, -0.05) is 18.5 Å². The van der Waals surface area contributed by atoms with Gasteiger partial charge >= 0.3 is 0 Å². The summed E-state index contributed by atoms with van der Waals surface area (Å²) in [5.74, 6) is -0.512. The van der Waals surface area contributed by atoms with Crippen molar-refractivity contribution in [2.45, 2.75) is 19.8 Å². The number of carbonyl (C=O) groups is 3. The maximum absolute atomic E-state index is 11.8. The second-order valence-corrected chi connectivity index (χ2v) is 5.92. The van der Waals surface area contributed by atoms with Gasteiger partial charge in [-0.2, -0.15) is 0 Å². The van der Waals surface area contributed by atoms with Crippen molar-refractivity contribution in [1.29, 1.82) is 0 Å². The minimum Gasteiger partial charge on any atom is -0.359 e. The van der Waals surface area contributed by atoms with Crippen LogP contribution < -0.4 is 20.9 Å². The molecule has 3 N–H and O–H groups in total. The first-order chi connectivity index (χ1) is 11.5. The lowest BCUT2D eigenvalue weighted by Gasteiger charge is -2.29. The number of piperazine rings is 1. The van der Waals surface area contributed by atoms with Crippen LogP contribution in [0.1, 0.15) is 19.8 Å². The molecule has 0 bridgehead atoms. The van der Waals surface area contributed by atoms with E-state index in [9.17, 15) is 14.4 Å². The van der Waals surface area contributed by atoms with Gasteiger partial charge < -0.3 is 20.9 Å². The molecule has 1 aromatic carbocycles. The van der Waals surface area contributed by atoms with Crippen molar-refractivity contribution in [2.24, 2.45) is 0 Å². The van der Waals surface area contributed by atoms with Crippen LogP contribution in [-0.2, 0) is 14.4 Å². The van der Waals surface area contributed by atoms with Crippen molar-refractivity contribution in [1.82, 2.24) is 10.6 Å². The highest BCUT2D eigenvalue weighted by Gasteiger charge is 2.18. The summed E-state index contributed by atoms with van der Waals surface area (Å²) in [7, 11) is 0. The van der Waals surface area contributed by atoms with E-state index in [1.165, 1.54) is 0 Å². The van der Waals surface area contributed by atoms with E-state index < -0.39 is 0 Å². The van der Waals surface area contributed by atoms with Gasteiger partial charge in [-0.25, -0.2) is 0 Å². The number of amides is 3. The molecule has 1 aliphatic rings. The molecule has 0 aliphatic carbocycles. The Kier molecular flexibility index (Phi) is 6.43. The zero-order valence-corrected chi connectivity index (χ0v) is 14.3. The smallest absolute Gasteiger partial charge is 0.243 e. The number of nitrogens with one attached hydrogen (secondary N) is 3. The number of benzene rings is 1. The Balaban J connectivity index is 1.93. The van der Waals surface area contributed by atoms with Gasteiger partial charge in [-0.05, 0) is 24.6 Å². The van der Waals surface area contributed by atoms with Gasteiger partial charge in [0, 0.05) is 25.2 Å². The van der Waals surface area contributed by atoms with E-state index in [0.717, 1.165) is 12.1 Å². The SMILES string of the molecule is CCCC(=O)NCC(=O)Nc1ccc(N2CCNC(=O)C2)c(Cl)c1. The van der Waals surface area contributed by atoms with Crippen LogP contribution in [0.2, 0.25) is 5.02 Å². The lowest BCUT2D eigenvalue weighted by atomic mass is 10.2. The molecule has 1 heterocycles. The Morgan fingerprint density at radius 1 is 1.33 bits per heavy atom. The lowest BCUT2D eigenvalue weighted by molar-refractivity contribution is -0.124. The molecule has 0 aromatic heterocycles. The third-order valence-corrected chi connectivity index (χ3v) is 3.84. The summed E-state index contributed by atoms with van der Waals surface area (Å²) in [6.07, 6.45) is 1.14. The summed E-state index contributed by atoms with van der Waals surface area (Å²) < 4.78 is 0. The number of hydrogen-bond acceptors (Lipinski definition) is 4. The van der Waals surface area contributed by atoms with Crippen molar-refractivity contribution in [2.75, 3.05) is 36.4 Å². The first-order valence-electron chi connectivity index (χ1n) is 7.87. The van der Waals surface area contributed by atoms with Crippen molar-refractivity contribution < 1.29 is 14.4 Å². The van der Waals surface area contributed by atoms with Crippen LogP contribution in [0.25, 0.3) is 0 Å². The van der Waals surface area contributed by atoms with E-state index in [0.29, 0.717) is 30.2 Å². The second kappa shape index (κ2) is 8.54. The van der Waals surface area contributed by atoms with Crippen LogP contribution in [0.4, 0.5) is 11.4 Å². The lowest BCUT2D eigenvalue weighted by Crippen LogP contribution is -2.47. The maximum Gasteiger partial charge on any atom is 0.243 e. The number of hydrogen-bond donors (Lipinski definition) is 3. The van der Waals surface area contributed by atoms with Crippen LogP contribution in [-0.4, -0.2) is 43.9 Å². The number of halogens is 1. The Bertz CT molecular complexity index is 636. The van der Waals surface area contributed by atoms with Crippen LogP contribution in [0.5, 0.6) is 0 Å². The Morgan fingerprint density at radius 2 is 2.12 bits per heavy atom. The molecule has 130 valence electrons. The number of nitrogens with zero attached hydrogens (tertiary/aromatic N) is 1. The predicted octanol–water partition coefficient (Wildman–Crippen LogP) is 1.13. The van der Waals surface area contributed by atoms with Gasteiger partial charge in [0.05, 0.1) is 23.8 Å². The fraction of sp³-hybridized carbons (Fsp3) is 0.438. The average Bonchev–Trinajstić information content (AvgIpc) is 2.53. The van der Waals surface area contributed by atoms with Crippen LogP contribution >= 0.6 is 11.6 Å². The Labute approximate surface area is 145 Å². The Morgan fingerprint density at radius 3 is 2.79 bits per heavy atom. The van der Waals surface area contributed by atoms with Crippen molar-refractivity contribution in [3.63, 3.8) is 0 Å². The molecular formula is C16H21ClN4O3. The highest BCUT2D eigenvalue weighted by Crippen LogP contribution is 2.29. The summed E-state index contributed by atoms with van der Waals surface area (Å²) in [4.78, 5) is 36.5. The highest BCUT2D eigenvalue weighted by molar-refractivity contribution is 6.33. The van der Waals surface area contributed by atoms with Gasteiger partial charge in [0.25, 0.3) is 0 Å². The van der Waals surface area contributed by atoms with Crippen molar-refractivity contribution >= 4 is 40.7 Å². The zero-order valence-electron chi connectivity index (χ0n) is 13.5. The standard InChI is InChI=1S/C16H21ClN4O3/c1-2-3-14(22)19-9-15(23)20-11-4-5-13(12(17)8-11)21-7-6-18-16(24)10-21/h4-5,8H,2-3,6-7,9-10H2,1H3,(H,18,24)(H,19,22)(H,20,23). The fourth-order valence-corrected chi connectivity index (χ4v) is 2.68. The molecule has 0 saturated carbocycles. The maximum atomic E-state index is 11.8. The summed E-state index contributed by atoms with van der Waals surface area (Å²) >= 11 is 6.27. The third-order valence-electron chi connectivity index (χ3n) is 3.53. The van der Waals surface area contributed by atoms with Gasteiger partial charge in [0.1, 0.15) is 0 Å². The summed E-state index contributed by atoms with van der Waals surface area (Å²) in [5.41, 5.74) is 1.29. The fourth-order valence-electron chi connectivity index (χ4n) is 2.38. The van der Waals surface area contributed by atoms with Crippen molar-refractivity contribution in [3.05, 3.63) is 23.2 Å². The molecule has 1 saturated heterocycles. The van der Waals surface area contributed by atoms with Gasteiger partial charge in [0.15, 0.2) is 0 Å². The van der Waals surface area contributed by atoms with E-state index in [4.69, 9.17) is 11.6 Å². The van der Waals surface area contributed by atoms with Gasteiger partial charge in [-0.3, -0.25) is 14.4 Å². The quantitative estimate of drug-likeness (QED) is 0.716. The largest absolute Gasteiger partial charge is 0.359 e. The third kappa shape index (κ3) is 5.13. The molecule has 2 rings (SSSR count). The average molecular weight is 353 g/mol. The van der Waals surface area contributed by atoms with E-state index in [2.05, 4.69) is 16.0 Å². The Hall–Kier alpha value is -2.28. The number of anilines is 2. The second-order valence-electron chi connectivity index (χ2n) is 5.51. The molecule has 0 atom stereocenters. The van der Waals surface area contributed by atoms with E-state index in [1.807, 2.05) is 11.8 Å². The van der Waals surface area contributed by atoms with E-state index >= 15 is 0 Å². The molecule has 24 heavy (non-hydrogen) atoms. The highest BCUT2D eigenvalue weighted by atomic mass is 35.5. The molecule has 0 unspecified atom stereocenters. The molecular weight excluding hydrogens is 332 g/mol. The van der Waals surface area contributed by atoms with Gasteiger partial charge in [-0.15, -0.1) is 0 Å². The van der Waals surface area contributed by atoms with E-state index in [1.54, 1.807) is 18.2 Å². The monoisotopic (exact) mass is 352 g/mol. The predicted molar refractivity (Wildman–Crippen MR) is 93.2 cm³/mol. The normalized spacial score (nSPS) is 14.1. The minimum atomic E-state index is -0.319. The zero-order chi connectivity index (χ0) is 17.5. The summed E-state index contributed by atoms with van der Waals surface area (Å²) in [6, 6.07) is 5.13. The van der Waals surface area contributed by atoms with Crippen LogP contribution in [0.15, 0.2) is 18.2 Å². The molecule has 0 radical (unpaired) electrons. The summed E-state index contributed by atoms with van der Waals surface area (Å²) in [5, 5.41) is 8.44. The molecule has 8 heteroatoms. The van der Waals surface area contributed by atoms with Crippen LogP contribution in [0, 0.1) is 0 Å². The first kappa shape index (κ1) is 18.1. The molecule has 3 amide bonds. The van der Waals surface area contributed by atoms with Crippen LogP contribution in [0.3, 0.4) is 0 Å². The van der Waals surface area contributed by atoms with E-state index in [-0.39, 0.29) is 30.8 Å².